The molecule has 0 saturated carbocycles. The van der Waals surface area contributed by atoms with Gasteiger partial charge in [0.2, 0.25) is 5.91 Å². The second-order valence-electron chi connectivity index (χ2n) is 6.47. The predicted molar refractivity (Wildman–Crippen MR) is 110 cm³/mol. The van der Waals surface area contributed by atoms with Gasteiger partial charge in [0.25, 0.3) is 5.56 Å². The number of aromatic nitrogens is 2. The first-order valence-corrected chi connectivity index (χ1v) is 11.1. The second kappa shape index (κ2) is 9.38. The minimum Gasteiger partial charge on any atom is -0.462 e. The summed E-state index contributed by atoms with van der Waals surface area (Å²) in [7, 11) is 0. The number of anilines is 1. The number of aromatic amines is 1. The maximum atomic E-state index is 12.4. The first-order valence-electron chi connectivity index (χ1n) is 9.30. The molecule has 150 valence electrons. The summed E-state index contributed by atoms with van der Waals surface area (Å²) >= 11 is 2.90. The third-order valence-electron chi connectivity index (χ3n) is 4.29. The summed E-state index contributed by atoms with van der Waals surface area (Å²) in [5, 5.41) is 4.05. The van der Waals surface area contributed by atoms with Crippen LogP contribution in [0.3, 0.4) is 0 Å². The number of thiophene rings is 1. The number of H-pyrrole nitrogens is 1. The molecule has 1 aliphatic carbocycles. The van der Waals surface area contributed by atoms with Crippen molar-refractivity contribution >= 4 is 40.0 Å². The van der Waals surface area contributed by atoms with E-state index in [0.717, 1.165) is 24.8 Å². The van der Waals surface area contributed by atoms with E-state index < -0.39 is 0 Å². The Morgan fingerprint density at radius 3 is 2.96 bits per heavy atom. The van der Waals surface area contributed by atoms with Crippen LogP contribution in [0.25, 0.3) is 0 Å². The third kappa shape index (κ3) is 5.02. The average molecular weight is 422 g/mol. The van der Waals surface area contributed by atoms with Gasteiger partial charge in [-0.15, -0.1) is 11.3 Å². The number of nitrogens with zero attached hydrogens (tertiary/aromatic N) is 1. The van der Waals surface area contributed by atoms with Crippen LogP contribution in [0.5, 0.6) is 0 Å². The monoisotopic (exact) mass is 421 g/mol. The van der Waals surface area contributed by atoms with Gasteiger partial charge in [0.05, 0.1) is 12.2 Å². The Labute approximate surface area is 171 Å². The highest BCUT2D eigenvalue weighted by atomic mass is 32.2. The fourth-order valence-corrected chi connectivity index (χ4v) is 5.28. The van der Waals surface area contributed by atoms with Gasteiger partial charge in [0, 0.05) is 28.8 Å². The number of thioether (sulfide) groups is 1. The van der Waals surface area contributed by atoms with Crippen LogP contribution in [0.2, 0.25) is 0 Å². The average Bonchev–Trinajstić information content (AvgIpc) is 3.18. The molecule has 0 aromatic carbocycles. The molecule has 28 heavy (non-hydrogen) atoms. The lowest BCUT2D eigenvalue weighted by atomic mass is 10.1. The van der Waals surface area contributed by atoms with Crippen molar-refractivity contribution in [2.75, 3.05) is 17.7 Å². The highest BCUT2D eigenvalue weighted by Crippen LogP contribution is 2.39. The summed E-state index contributed by atoms with van der Waals surface area (Å²) < 4.78 is 5.18. The van der Waals surface area contributed by atoms with Gasteiger partial charge in [-0.2, -0.15) is 0 Å². The van der Waals surface area contributed by atoms with E-state index in [4.69, 9.17) is 4.74 Å². The molecule has 0 fully saturated rings. The largest absolute Gasteiger partial charge is 0.462 e. The Balaban J connectivity index is 1.55. The number of hydrogen-bond donors (Lipinski definition) is 2. The summed E-state index contributed by atoms with van der Waals surface area (Å²) in [6.07, 6.45) is 3.80. The zero-order chi connectivity index (χ0) is 20.1. The van der Waals surface area contributed by atoms with E-state index in [1.165, 1.54) is 34.0 Å². The summed E-state index contributed by atoms with van der Waals surface area (Å²) in [5.41, 5.74) is 2.05. The zero-order valence-electron chi connectivity index (χ0n) is 15.9. The molecule has 3 rings (SSSR count). The van der Waals surface area contributed by atoms with Crippen LogP contribution in [-0.2, 0) is 22.4 Å². The van der Waals surface area contributed by atoms with Gasteiger partial charge in [-0.25, -0.2) is 9.78 Å². The Morgan fingerprint density at radius 2 is 2.21 bits per heavy atom. The Morgan fingerprint density at radius 1 is 1.39 bits per heavy atom. The van der Waals surface area contributed by atoms with Crippen molar-refractivity contribution in [3.8, 4) is 0 Å². The van der Waals surface area contributed by atoms with Gasteiger partial charge in [0.1, 0.15) is 5.00 Å². The molecule has 2 aromatic heterocycles. The van der Waals surface area contributed by atoms with E-state index >= 15 is 0 Å². The molecular weight excluding hydrogens is 398 g/mol. The number of nitrogens with one attached hydrogen (secondary N) is 2. The van der Waals surface area contributed by atoms with Crippen molar-refractivity contribution in [2.45, 2.75) is 51.1 Å². The molecule has 0 spiro atoms. The summed E-state index contributed by atoms with van der Waals surface area (Å²) in [6.45, 7) is 3.85. The first kappa shape index (κ1) is 20.6. The van der Waals surface area contributed by atoms with Crippen molar-refractivity contribution in [2.24, 2.45) is 0 Å². The number of carbonyl (C=O) groups is 2. The van der Waals surface area contributed by atoms with Gasteiger partial charge in [-0.3, -0.25) is 9.59 Å². The number of ether oxygens (including phenoxy) is 1. The Hall–Kier alpha value is -2.13. The number of fused-ring (bicyclic) bond motifs is 1. The lowest BCUT2D eigenvalue weighted by Gasteiger charge is -2.08. The van der Waals surface area contributed by atoms with E-state index in [-0.39, 0.29) is 17.4 Å². The standard InChI is InChI=1S/C19H23N3O4S2/c1-3-26-18(25)16-12-6-4-7-13(12)28-17(16)21-14(23)8-5-9-27-19-20-11(2)10-15(24)22-19/h10H,3-9H2,1-2H3,(H,21,23)(H,20,22,24). The number of esters is 1. The van der Waals surface area contributed by atoms with Gasteiger partial charge in [0.15, 0.2) is 5.16 Å². The van der Waals surface area contributed by atoms with Gasteiger partial charge in [-0.05, 0) is 45.1 Å². The van der Waals surface area contributed by atoms with E-state index in [1.807, 2.05) is 0 Å². The van der Waals surface area contributed by atoms with E-state index in [0.29, 0.717) is 46.6 Å². The number of rotatable bonds is 8. The zero-order valence-corrected chi connectivity index (χ0v) is 17.6. The normalized spacial score (nSPS) is 12.6. The topological polar surface area (TPSA) is 101 Å². The number of hydrogen-bond acceptors (Lipinski definition) is 7. The number of amides is 1. The van der Waals surface area contributed by atoms with Crippen LogP contribution >= 0.6 is 23.1 Å². The summed E-state index contributed by atoms with van der Waals surface area (Å²) in [4.78, 5) is 44.2. The van der Waals surface area contributed by atoms with Crippen LogP contribution in [0.15, 0.2) is 16.0 Å². The summed E-state index contributed by atoms with van der Waals surface area (Å²) in [5.74, 6) is 0.171. The van der Waals surface area contributed by atoms with Crippen molar-refractivity contribution in [1.82, 2.24) is 9.97 Å². The van der Waals surface area contributed by atoms with Gasteiger partial charge >= 0.3 is 5.97 Å². The molecule has 1 amide bonds. The molecule has 0 saturated heterocycles. The van der Waals surface area contributed by atoms with E-state index in [1.54, 1.807) is 13.8 Å². The van der Waals surface area contributed by atoms with E-state index in [2.05, 4.69) is 15.3 Å². The smallest absolute Gasteiger partial charge is 0.341 e. The van der Waals surface area contributed by atoms with Crippen LogP contribution in [0, 0.1) is 6.92 Å². The molecule has 9 heteroatoms. The molecular formula is C19H23N3O4S2. The highest BCUT2D eigenvalue weighted by Gasteiger charge is 2.28. The van der Waals surface area contributed by atoms with Crippen molar-refractivity contribution in [3.05, 3.63) is 38.1 Å². The van der Waals surface area contributed by atoms with Gasteiger partial charge < -0.3 is 15.0 Å². The molecule has 0 unspecified atom stereocenters. The quantitative estimate of drug-likeness (QED) is 0.293. The molecule has 0 atom stereocenters. The lowest BCUT2D eigenvalue weighted by Crippen LogP contribution is -2.15. The first-order chi connectivity index (χ1) is 13.5. The molecule has 2 N–H and O–H groups in total. The second-order valence-corrected chi connectivity index (χ2v) is 8.66. The Bertz CT molecular complexity index is 936. The van der Waals surface area contributed by atoms with Crippen molar-refractivity contribution in [1.29, 1.82) is 0 Å². The molecule has 0 bridgehead atoms. The maximum absolute atomic E-state index is 12.4. The highest BCUT2D eigenvalue weighted by molar-refractivity contribution is 7.99. The van der Waals surface area contributed by atoms with Crippen LogP contribution in [0.1, 0.15) is 52.7 Å². The van der Waals surface area contributed by atoms with E-state index in [9.17, 15) is 14.4 Å². The van der Waals surface area contributed by atoms with Crippen LogP contribution in [-0.4, -0.2) is 34.2 Å². The molecule has 1 aliphatic rings. The third-order valence-corrected chi connectivity index (χ3v) is 6.46. The summed E-state index contributed by atoms with van der Waals surface area (Å²) in [6, 6.07) is 1.44. The molecule has 2 heterocycles. The molecule has 7 nitrogen and oxygen atoms in total. The maximum Gasteiger partial charge on any atom is 0.341 e. The van der Waals surface area contributed by atoms with Crippen molar-refractivity contribution < 1.29 is 14.3 Å². The minimum atomic E-state index is -0.359. The van der Waals surface area contributed by atoms with Crippen molar-refractivity contribution in [3.63, 3.8) is 0 Å². The van der Waals surface area contributed by atoms with Crippen LogP contribution in [0.4, 0.5) is 5.00 Å². The number of carbonyl (C=O) groups excluding carboxylic acids is 2. The molecule has 0 radical (unpaired) electrons. The fourth-order valence-electron chi connectivity index (χ4n) is 3.12. The lowest BCUT2D eigenvalue weighted by molar-refractivity contribution is -0.116. The van der Waals surface area contributed by atoms with Crippen LogP contribution < -0.4 is 10.9 Å². The molecule has 2 aromatic rings. The number of aryl methyl sites for hydroxylation is 2. The Kier molecular flexibility index (Phi) is 6.90. The SMILES string of the molecule is CCOC(=O)c1c(NC(=O)CCCSc2nc(C)cc(=O)[nH]2)sc2c1CCC2. The minimum absolute atomic E-state index is 0.128. The fraction of sp³-hybridized carbons (Fsp3) is 0.474. The predicted octanol–water partition coefficient (Wildman–Crippen LogP) is 3.32. The molecule has 0 aliphatic heterocycles. The van der Waals surface area contributed by atoms with Gasteiger partial charge in [-0.1, -0.05) is 11.8 Å².